The van der Waals surface area contributed by atoms with E-state index in [4.69, 9.17) is 10.5 Å². The summed E-state index contributed by atoms with van der Waals surface area (Å²) >= 11 is 2.74. The Hall–Kier alpha value is -2.05. The van der Waals surface area contributed by atoms with E-state index >= 15 is 0 Å². The van der Waals surface area contributed by atoms with Crippen molar-refractivity contribution in [3.8, 4) is 0 Å². The van der Waals surface area contributed by atoms with Gasteiger partial charge in [0.1, 0.15) is 33.2 Å². The van der Waals surface area contributed by atoms with Crippen molar-refractivity contribution in [2.45, 2.75) is 55.5 Å². The summed E-state index contributed by atoms with van der Waals surface area (Å²) in [5.74, 6) is -1.14. The molecule has 164 valence electrons. The van der Waals surface area contributed by atoms with E-state index in [0.717, 1.165) is 0 Å². The fourth-order valence-corrected chi connectivity index (χ4v) is 6.17. The Kier molecular flexibility index (Phi) is 6.78. The van der Waals surface area contributed by atoms with Crippen LogP contribution in [0.3, 0.4) is 0 Å². The molecule has 0 bridgehead atoms. The second kappa shape index (κ2) is 8.98. The van der Waals surface area contributed by atoms with Gasteiger partial charge in [-0.1, -0.05) is 25.6 Å². The average molecular weight is 456 g/mol. The molecule has 3 rings (SSSR count). The second-order valence-electron chi connectivity index (χ2n) is 6.97. The molecule has 1 aromatic heterocycles. The van der Waals surface area contributed by atoms with Gasteiger partial charge in [0.05, 0.1) is 6.61 Å². The van der Waals surface area contributed by atoms with Gasteiger partial charge in [0.25, 0.3) is 0 Å². The quantitative estimate of drug-likeness (QED) is 0.280. The van der Waals surface area contributed by atoms with E-state index in [1.165, 1.54) is 28.4 Å². The summed E-state index contributed by atoms with van der Waals surface area (Å²) in [6.45, 7) is 5.81. The number of thioether (sulfide) groups is 2. The first-order chi connectivity index (χ1) is 14.3. The number of nitrogens with one attached hydrogen (secondary N) is 1. The highest BCUT2D eigenvalue weighted by atomic mass is 32.2. The summed E-state index contributed by atoms with van der Waals surface area (Å²) in [4.78, 5) is 37.9. The van der Waals surface area contributed by atoms with Crippen molar-refractivity contribution < 1.29 is 24.2 Å². The van der Waals surface area contributed by atoms with E-state index in [0.29, 0.717) is 40.6 Å². The Balaban J connectivity index is 1.87. The highest BCUT2D eigenvalue weighted by Crippen LogP contribution is 2.42. The van der Waals surface area contributed by atoms with Gasteiger partial charge in [-0.2, -0.15) is 10.3 Å². The number of carboxylic acids is 1. The van der Waals surface area contributed by atoms with Crippen LogP contribution in [0.5, 0.6) is 0 Å². The van der Waals surface area contributed by atoms with Gasteiger partial charge in [-0.3, -0.25) is 14.5 Å². The first kappa shape index (κ1) is 22.6. The lowest BCUT2D eigenvalue weighted by Crippen LogP contribution is -2.68. The minimum absolute atomic E-state index is 0.00867. The fourth-order valence-electron chi connectivity index (χ4n) is 3.72. The second-order valence-corrected chi connectivity index (χ2v) is 9.04. The Bertz CT molecular complexity index is 882. The number of rotatable bonds is 9. The molecule has 2 atom stereocenters. The molecule has 2 aliphatic rings. The number of esters is 1. The molecule has 4 N–H and O–H groups in total. The van der Waals surface area contributed by atoms with Crippen LogP contribution in [-0.2, 0) is 24.5 Å². The van der Waals surface area contributed by atoms with Crippen LogP contribution in [0, 0.1) is 0 Å². The smallest absolute Gasteiger partial charge is 0.352 e. The Morgan fingerprint density at radius 3 is 2.67 bits per heavy atom. The standard InChI is InChI=1S/C18H25N5O5S2/c1-4-18(5-2,17(27)28-6-3)12-13(21-22-20-12)29-7-9-8-30-15-10(19)14(24)23(15)11(9)16(25)26/h10,15H,4-8,19H2,1-3H3,(H,25,26)(H,20,21,22)/t10?,15-/m0/s1. The number of nitrogens with zero attached hydrogens (tertiary/aromatic N) is 3. The number of hydrogen-bond acceptors (Lipinski definition) is 9. The molecule has 1 unspecified atom stereocenters. The van der Waals surface area contributed by atoms with E-state index in [2.05, 4.69) is 15.4 Å². The summed E-state index contributed by atoms with van der Waals surface area (Å²) in [6.07, 6.45) is 0.979. The Labute approximate surface area is 182 Å². The zero-order valence-corrected chi connectivity index (χ0v) is 18.6. The van der Waals surface area contributed by atoms with Gasteiger partial charge in [-0.15, -0.1) is 16.9 Å². The van der Waals surface area contributed by atoms with Crippen molar-refractivity contribution in [1.82, 2.24) is 20.3 Å². The zero-order valence-electron chi connectivity index (χ0n) is 17.0. The van der Waals surface area contributed by atoms with Crippen molar-refractivity contribution in [2.24, 2.45) is 5.73 Å². The van der Waals surface area contributed by atoms with E-state index < -0.39 is 17.4 Å². The molecule has 0 radical (unpaired) electrons. The maximum absolute atomic E-state index is 12.7. The first-order valence-electron chi connectivity index (χ1n) is 9.69. The number of β-lactam (4-membered cyclic amide) rings is 1. The lowest BCUT2D eigenvalue weighted by Gasteiger charge is -2.48. The van der Waals surface area contributed by atoms with Gasteiger partial charge in [-0.25, -0.2) is 4.79 Å². The molecule has 12 heteroatoms. The largest absolute Gasteiger partial charge is 0.477 e. The molecule has 1 amide bonds. The number of amides is 1. The van der Waals surface area contributed by atoms with Crippen LogP contribution in [0.25, 0.3) is 0 Å². The van der Waals surface area contributed by atoms with Gasteiger partial charge in [0.2, 0.25) is 5.91 Å². The van der Waals surface area contributed by atoms with Crippen LogP contribution in [0.4, 0.5) is 0 Å². The topological polar surface area (TPSA) is 152 Å². The summed E-state index contributed by atoms with van der Waals surface area (Å²) in [5.41, 5.74) is 5.96. The molecule has 1 saturated heterocycles. The highest BCUT2D eigenvalue weighted by Gasteiger charge is 2.51. The summed E-state index contributed by atoms with van der Waals surface area (Å²) < 4.78 is 5.29. The fraction of sp³-hybridized carbons (Fsp3) is 0.611. The number of aromatic amines is 1. The van der Waals surface area contributed by atoms with Crippen molar-refractivity contribution in [2.75, 3.05) is 18.1 Å². The number of hydrogen-bond donors (Lipinski definition) is 3. The molecule has 0 aliphatic carbocycles. The summed E-state index contributed by atoms with van der Waals surface area (Å²) in [5, 5.41) is 20.9. The maximum atomic E-state index is 12.7. The third kappa shape index (κ3) is 3.60. The first-order valence-corrected chi connectivity index (χ1v) is 11.7. The minimum atomic E-state index is -1.15. The number of ether oxygens (including phenoxy) is 1. The van der Waals surface area contributed by atoms with Crippen LogP contribution in [0.15, 0.2) is 16.3 Å². The zero-order chi connectivity index (χ0) is 22.1. The predicted molar refractivity (Wildman–Crippen MR) is 112 cm³/mol. The molecule has 30 heavy (non-hydrogen) atoms. The molecular formula is C18H25N5O5S2. The normalized spacial score (nSPS) is 21.3. The number of H-pyrrole nitrogens is 1. The maximum Gasteiger partial charge on any atom is 0.352 e. The molecule has 2 aliphatic heterocycles. The van der Waals surface area contributed by atoms with E-state index in [9.17, 15) is 19.5 Å². The van der Waals surface area contributed by atoms with Gasteiger partial charge >= 0.3 is 11.9 Å². The average Bonchev–Trinajstić information content (AvgIpc) is 3.21. The van der Waals surface area contributed by atoms with Gasteiger partial charge < -0.3 is 15.6 Å². The number of aromatic nitrogens is 3. The molecule has 1 aromatic rings. The van der Waals surface area contributed by atoms with Gasteiger partial charge in [0, 0.05) is 11.5 Å². The third-order valence-electron chi connectivity index (χ3n) is 5.52. The highest BCUT2D eigenvalue weighted by molar-refractivity contribution is 8.01. The Morgan fingerprint density at radius 2 is 2.07 bits per heavy atom. The van der Waals surface area contributed by atoms with E-state index in [-0.39, 0.29) is 29.6 Å². The third-order valence-corrected chi connectivity index (χ3v) is 7.93. The molecule has 1 fully saturated rings. The van der Waals surface area contributed by atoms with Gasteiger partial charge in [0.15, 0.2) is 0 Å². The molecule has 10 nitrogen and oxygen atoms in total. The van der Waals surface area contributed by atoms with Crippen molar-refractivity contribution >= 4 is 41.4 Å². The van der Waals surface area contributed by atoms with Crippen LogP contribution < -0.4 is 5.73 Å². The minimum Gasteiger partial charge on any atom is -0.477 e. The van der Waals surface area contributed by atoms with Crippen LogP contribution >= 0.6 is 23.5 Å². The number of carboxylic acid groups (broad SMARTS) is 1. The lowest BCUT2D eigenvalue weighted by atomic mass is 9.79. The van der Waals surface area contributed by atoms with Crippen LogP contribution in [0.2, 0.25) is 0 Å². The van der Waals surface area contributed by atoms with E-state index in [1.54, 1.807) is 6.92 Å². The number of nitrogens with two attached hydrogens (primary N) is 1. The number of carbonyl (C=O) groups excluding carboxylic acids is 2. The van der Waals surface area contributed by atoms with Crippen LogP contribution in [0.1, 0.15) is 39.3 Å². The summed E-state index contributed by atoms with van der Waals surface area (Å²) in [6, 6.07) is -0.667. The van der Waals surface area contributed by atoms with E-state index in [1.807, 2.05) is 13.8 Å². The number of aliphatic carboxylic acids is 1. The summed E-state index contributed by atoms with van der Waals surface area (Å²) in [7, 11) is 0. The van der Waals surface area contributed by atoms with Crippen molar-refractivity contribution in [1.29, 1.82) is 0 Å². The van der Waals surface area contributed by atoms with Gasteiger partial charge in [-0.05, 0) is 25.3 Å². The predicted octanol–water partition coefficient (Wildman–Crippen LogP) is 1.10. The monoisotopic (exact) mass is 455 g/mol. The molecule has 0 spiro atoms. The lowest BCUT2D eigenvalue weighted by molar-refractivity contribution is -0.151. The van der Waals surface area contributed by atoms with Crippen molar-refractivity contribution in [3.63, 3.8) is 0 Å². The Morgan fingerprint density at radius 1 is 1.37 bits per heavy atom. The number of carbonyl (C=O) groups is 3. The molecule has 0 aromatic carbocycles. The molecule has 0 saturated carbocycles. The van der Waals surface area contributed by atoms with Crippen LogP contribution in [-0.4, -0.2) is 72.8 Å². The SMILES string of the molecule is CCOC(=O)C(CC)(CC)c1n[nH]nc1SCC1=C(C(=O)O)N2C(=O)C(N)[C@@H]2SC1. The molecule has 3 heterocycles. The number of fused-ring (bicyclic) bond motifs is 1. The molecular weight excluding hydrogens is 430 g/mol. The van der Waals surface area contributed by atoms with Crippen molar-refractivity contribution in [3.05, 3.63) is 17.0 Å².